The molecule has 4 N–H and O–H groups in total. The Balaban J connectivity index is 3.69. The summed E-state index contributed by atoms with van der Waals surface area (Å²) in [4.78, 5) is 12.4. The van der Waals surface area contributed by atoms with Crippen molar-refractivity contribution in [1.82, 2.24) is 5.32 Å². The van der Waals surface area contributed by atoms with E-state index >= 15 is 0 Å². The van der Waals surface area contributed by atoms with Gasteiger partial charge in [0.25, 0.3) is 0 Å². The number of aliphatic hydroxyl groups excluding tert-OH is 3. The quantitative estimate of drug-likeness (QED) is 0.0401. The van der Waals surface area contributed by atoms with Crippen molar-refractivity contribution < 1.29 is 20.1 Å². The summed E-state index contributed by atoms with van der Waals surface area (Å²) in [6.45, 7) is 4.19. The van der Waals surface area contributed by atoms with Crippen LogP contribution in [0.3, 0.4) is 0 Å². The number of aliphatic hydroxyl groups is 3. The Morgan fingerprint density at radius 2 is 0.935 bits per heavy atom. The van der Waals surface area contributed by atoms with Crippen LogP contribution in [0.25, 0.3) is 0 Å². The maximum Gasteiger partial charge on any atom is 0.222 e. The third-order valence-corrected chi connectivity index (χ3v) is 9.24. The molecular formula is C41H79NO4. The first-order chi connectivity index (χ1) is 22.5. The first-order valence-corrected chi connectivity index (χ1v) is 20.1. The molecule has 0 aliphatic rings. The molecule has 0 aromatic rings. The van der Waals surface area contributed by atoms with E-state index in [1.165, 1.54) is 148 Å². The predicted octanol–water partition coefficient (Wildman–Crippen LogP) is 11.0. The van der Waals surface area contributed by atoms with Gasteiger partial charge in [-0.25, -0.2) is 0 Å². The molecule has 0 rings (SSSR count). The molecule has 0 aromatic heterocycles. The third-order valence-electron chi connectivity index (χ3n) is 9.24. The molecule has 5 heteroatoms. The van der Waals surface area contributed by atoms with Crippen LogP contribution in [0, 0.1) is 0 Å². The largest absolute Gasteiger partial charge is 0.394 e. The van der Waals surface area contributed by atoms with Crippen LogP contribution in [0.5, 0.6) is 0 Å². The second-order valence-corrected chi connectivity index (χ2v) is 13.9. The van der Waals surface area contributed by atoms with Gasteiger partial charge in [-0.15, -0.1) is 0 Å². The number of carbonyl (C=O) groups is 1. The van der Waals surface area contributed by atoms with Crippen molar-refractivity contribution >= 4 is 5.91 Å². The fraction of sp³-hybridized carbons (Fsp3) is 0.878. The van der Waals surface area contributed by atoms with E-state index in [-0.39, 0.29) is 18.9 Å². The lowest BCUT2D eigenvalue weighted by atomic mass is 10.0. The topological polar surface area (TPSA) is 89.8 Å². The van der Waals surface area contributed by atoms with E-state index in [1.54, 1.807) is 6.08 Å². The summed E-state index contributed by atoms with van der Waals surface area (Å²) in [5.41, 5.74) is 0. The molecule has 0 bridgehead atoms. The van der Waals surface area contributed by atoms with E-state index in [0.717, 1.165) is 32.1 Å². The number of unbranched alkanes of at least 4 members (excludes halogenated alkanes) is 25. The van der Waals surface area contributed by atoms with E-state index < -0.39 is 18.2 Å². The van der Waals surface area contributed by atoms with Gasteiger partial charge in [-0.05, 0) is 32.1 Å². The number of allylic oxidation sites excluding steroid dienone is 3. The Bertz CT molecular complexity index is 679. The number of hydrogen-bond donors (Lipinski definition) is 4. The number of amides is 1. The minimum atomic E-state index is -0.947. The molecule has 5 nitrogen and oxygen atoms in total. The smallest absolute Gasteiger partial charge is 0.222 e. The van der Waals surface area contributed by atoms with Gasteiger partial charge >= 0.3 is 0 Å². The molecule has 1 amide bonds. The van der Waals surface area contributed by atoms with Crippen molar-refractivity contribution in [2.24, 2.45) is 0 Å². The van der Waals surface area contributed by atoms with E-state index in [9.17, 15) is 20.1 Å². The lowest BCUT2D eigenvalue weighted by molar-refractivity contribution is -0.124. The summed E-state index contributed by atoms with van der Waals surface area (Å²) in [6, 6.07) is -0.756. The zero-order valence-electron chi connectivity index (χ0n) is 30.7. The molecule has 272 valence electrons. The van der Waals surface area contributed by atoms with Crippen molar-refractivity contribution in [3.05, 3.63) is 24.3 Å². The Hall–Kier alpha value is -1.17. The van der Waals surface area contributed by atoms with Crippen molar-refractivity contribution in [3.63, 3.8) is 0 Å². The number of nitrogens with one attached hydrogen (secondary N) is 1. The summed E-state index contributed by atoms with van der Waals surface area (Å²) in [5.74, 6) is -0.324. The molecule has 0 spiro atoms. The molecule has 0 aliphatic heterocycles. The van der Waals surface area contributed by atoms with Gasteiger partial charge in [0.1, 0.15) is 0 Å². The number of hydrogen-bond acceptors (Lipinski definition) is 4. The second kappa shape index (κ2) is 36.7. The number of rotatable bonds is 36. The molecule has 0 heterocycles. The highest BCUT2D eigenvalue weighted by atomic mass is 16.3. The van der Waals surface area contributed by atoms with Crippen LogP contribution in [0.15, 0.2) is 24.3 Å². The normalized spacial score (nSPS) is 13.9. The van der Waals surface area contributed by atoms with Gasteiger partial charge in [-0.2, -0.15) is 0 Å². The SMILES string of the molecule is CCCCCCCCC/C=C/CC/C=C/C(O)C(CO)NC(=O)CC(O)CCCCCCCCCCCCCCCCCCCC. The Kier molecular flexibility index (Phi) is 35.7. The van der Waals surface area contributed by atoms with Crippen molar-refractivity contribution in [1.29, 1.82) is 0 Å². The summed E-state index contributed by atoms with van der Waals surface area (Å²) in [7, 11) is 0. The third kappa shape index (κ3) is 32.8. The van der Waals surface area contributed by atoms with Crippen LogP contribution < -0.4 is 5.32 Å². The Morgan fingerprint density at radius 1 is 0.543 bits per heavy atom. The van der Waals surface area contributed by atoms with Crippen LogP contribution in [0.4, 0.5) is 0 Å². The Labute approximate surface area is 286 Å². The molecule has 0 saturated carbocycles. The van der Waals surface area contributed by atoms with Crippen molar-refractivity contribution in [2.45, 2.75) is 225 Å². The minimum Gasteiger partial charge on any atom is -0.394 e. The van der Waals surface area contributed by atoms with Gasteiger partial charge in [0.15, 0.2) is 0 Å². The first kappa shape index (κ1) is 44.8. The van der Waals surface area contributed by atoms with Gasteiger partial charge in [-0.1, -0.05) is 192 Å². The fourth-order valence-corrected chi connectivity index (χ4v) is 6.12. The second-order valence-electron chi connectivity index (χ2n) is 13.9. The maximum atomic E-state index is 12.4. The summed E-state index contributed by atoms with van der Waals surface area (Å²) in [6.07, 6.45) is 43.1. The van der Waals surface area contributed by atoms with Gasteiger partial charge in [0, 0.05) is 0 Å². The van der Waals surface area contributed by atoms with E-state index in [1.807, 2.05) is 6.08 Å². The van der Waals surface area contributed by atoms with E-state index in [4.69, 9.17) is 0 Å². The van der Waals surface area contributed by atoms with Crippen molar-refractivity contribution in [2.75, 3.05) is 6.61 Å². The highest BCUT2D eigenvalue weighted by Crippen LogP contribution is 2.15. The highest BCUT2D eigenvalue weighted by Gasteiger charge is 2.20. The molecule has 46 heavy (non-hydrogen) atoms. The molecule has 0 saturated heterocycles. The monoisotopic (exact) mass is 650 g/mol. The van der Waals surface area contributed by atoms with Gasteiger partial charge in [-0.3, -0.25) is 4.79 Å². The lowest BCUT2D eigenvalue weighted by Crippen LogP contribution is -2.45. The van der Waals surface area contributed by atoms with Crippen LogP contribution in [0.1, 0.15) is 206 Å². The zero-order chi connectivity index (χ0) is 33.8. The maximum absolute atomic E-state index is 12.4. The molecule has 0 fully saturated rings. The van der Waals surface area contributed by atoms with Crippen molar-refractivity contribution in [3.8, 4) is 0 Å². The minimum absolute atomic E-state index is 0.00935. The average molecular weight is 650 g/mol. The fourth-order valence-electron chi connectivity index (χ4n) is 6.12. The summed E-state index contributed by atoms with van der Waals surface area (Å²) >= 11 is 0. The molecule has 0 aromatic carbocycles. The summed E-state index contributed by atoms with van der Waals surface area (Å²) in [5, 5.41) is 33.1. The average Bonchev–Trinajstić information content (AvgIpc) is 3.05. The molecular weight excluding hydrogens is 570 g/mol. The van der Waals surface area contributed by atoms with E-state index in [2.05, 4.69) is 31.3 Å². The summed E-state index contributed by atoms with van der Waals surface area (Å²) < 4.78 is 0. The number of carbonyl (C=O) groups excluding carboxylic acids is 1. The van der Waals surface area contributed by atoms with Crippen LogP contribution in [-0.2, 0) is 4.79 Å². The van der Waals surface area contributed by atoms with Crippen LogP contribution in [-0.4, -0.2) is 46.1 Å². The highest BCUT2D eigenvalue weighted by molar-refractivity contribution is 5.76. The van der Waals surface area contributed by atoms with Crippen LogP contribution >= 0.6 is 0 Å². The molecule has 3 unspecified atom stereocenters. The van der Waals surface area contributed by atoms with Gasteiger partial charge in [0.05, 0.1) is 31.3 Å². The lowest BCUT2D eigenvalue weighted by Gasteiger charge is -2.21. The molecule has 3 atom stereocenters. The Morgan fingerprint density at radius 3 is 1.39 bits per heavy atom. The molecule has 0 radical (unpaired) electrons. The molecule has 0 aliphatic carbocycles. The van der Waals surface area contributed by atoms with E-state index in [0.29, 0.717) is 6.42 Å². The predicted molar refractivity (Wildman–Crippen MR) is 199 cm³/mol. The first-order valence-electron chi connectivity index (χ1n) is 20.1. The standard InChI is InChI=1S/C41H79NO4/c1-3-5-7-9-11-13-15-17-18-19-20-21-23-24-26-28-30-32-34-38(44)36-41(46)42-39(37-43)40(45)35-33-31-29-27-25-22-16-14-12-10-8-6-4-2/h25,27,33,35,38-40,43-45H,3-24,26,28-32,34,36-37H2,1-2H3,(H,42,46)/b27-25+,35-33+. The van der Waals surface area contributed by atoms with Gasteiger partial charge < -0.3 is 20.6 Å². The van der Waals surface area contributed by atoms with Gasteiger partial charge in [0.2, 0.25) is 5.91 Å². The van der Waals surface area contributed by atoms with Crippen LogP contribution in [0.2, 0.25) is 0 Å². The zero-order valence-corrected chi connectivity index (χ0v) is 30.7.